The second-order valence-electron chi connectivity index (χ2n) is 8.16. The van der Waals surface area contributed by atoms with Crippen molar-refractivity contribution in [3.63, 3.8) is 0 Å². The van der Waals surface area contributed by atoms with E-state index in [4.69, 9.17) is 14.2 Å². The number of nitrogens with zero attached hydrogens (tertiary/aromatic N) is 2. The standard InChI is InChI=1S/C18H28N2O6/c1-16(2,3)24-13(21)8-9-18(7,14(22)25-17(4,5)6)26-15(23)20-11-10-19-12-20/h10-12H,8-9H2,1-7H3. The highest BCUT2D eigenvalue weighted by atomic mass is 16.6. The zero-order chi connectivity index (χ0) is 20.2. The fourth-order valence-corrected chi connectivity index (χ4v) is 1.93. The van der Waals surface area contributed by atoms with Crippen LogP contribution in [0, 0.1) is 0 Å². The van der Waals surface area contributed by atoms with Gasteiger partial charge in [-0.15, -0.1) is 0 Å². The Kier molecular flexibility index (Phi) is 6.57. The van der Waals surface area contributed by atoms with Crippen LogP contribution in [0.2, 0.25) is 0 Å². The molecule has 0 aliphatic rings. The van der Waals surface area contributed by atoms with Gasteiger partial charge in [0.05, 0.1) is 0 Å². The van der Waals surface area contributed by atoms with Crippen LogP contribution < -0.4 is 0 Å². The molecule has 0 spiro atoms. The summed E-state index contributed by atoms with van der Waals surface area (Å²) < 4.78 is 17.1. The van der Waals surface area contributed by atoms with Crippen LogP contribution in [0.25, 0.3) is 0 Å². The average molecular weight is 368 g/mol. The summed E-state index contributed by atoms with van der Waals surface area (Å²) in [4.78, 5) is 40.6. The third kappa shape index (κ3) is 7.25. The Bertz CT molecular complexity index is 640. The summed E-state index contributed by atoms with van der Waals surface area (Å²) in [7, 11) is 0. The van der Waals surface area contributed by atoms with E-state index in [1.54, 1.807) is 41.5 Å². The summed E-state index contributed by atoms with van der Waals surface area (Å²) in [6, 6.07) is 0. The Hall–Kier alpha value is -2.38. The molecular weight excluding hydrogens is 340 g/mol. The summed E-state index contributed by atoms with van der Waals surface area (Å²) in [6.07, 6.45) is 3.09. The van der Waals surface area contributed by atoms with Crippen molar-refractivity contribution in [1.82, 2.24) is 9.55 Å². The first-order chi connectivity index (χ1) is 11.7. The topological polar surface area (TPSA) is 96.7 Å². The molecule has 0 radical (unpaired) electrons. The minimum absolute atomic E-state index is 0.0722. The van der Waals surface area contributed by atoms with Gasteiger partial charge in [0.25, 0.3) is 0 Å². The molecule has 1 rings (SSSR count). The number of carbonyl (C=O) groups excluding carboxylic acids is 3. The van der Waals surface area contributed by atoms with Crippen molar-refractivity contribution in [2.24, 2.45) is 0 Å². The van der Waals surface area contributed by atoms with E-state index in [0.29, 0.717) is 0 Å². The summed E-state index contributed by atoms with van der Waals surface area (Å²) in [6.45, 7) is 11.8. The molecule has 0 amide bonds. The molecule has 0 aromatic carbocycles. The van der Waals surface area contributed by atoms with Crippen molar-refractivity contribution in [3.05, 3.63) is 18.7 Å². The maximum Gasteiger partial charge on any atom is 0.420 e. The molecule has 0 saturated carbocycles. The number of aromatic nitrogens is 2. The van der Waals surface area contributed by atoms with Crippen molar-refractivity contribution >= 4 is 18.0 Å². The lowest BCUT2D eigenvalue weighted by Gasteiger charge is -2.31. The minimum Gasteiger partial charge on any atom is -0.460 e. The second kappa shape index (κ2) is 7.88. The number of hydrogen-bond acceptors (Lipinski definition) is 7. The van der Waals surface area contributed by atoms with Gasteiger partial charge in [0.15, 0.2) is 0 Å². The molecule has 1 aromatic heterocycles. The smallest absolute Gasteiger partial charge is 0.420 e. The van der Waals surface area contributed by atoms with Gasteiger partial charge in [-0.25, -0.2) is 19.1 Å². The molecule has 146 valence electrons. The van der Waals surface area contributed by atoms with Crippen molar-refractivity contribution < 1.29 is 28.6 Å². The van der Waals surface area contributed by atoms with Crippen LogP contribution in [0.5, 0.6) is 0 Å². The van der Waals surface area contributed by atoms with Crippen LogP contribution in [0.1, 0.15) is 61.3 Å². The quantitative estimate of drug-likeness (QED) is 0.582. The van der Waals surface area contributed by atoms with E-state index in [9.17, 15) is 14.4 Å². The summed E-state index contributed by atoms with van der Waals surface area (Å²) >= 11 is 0. The van der Waals surface area contributed by atoms with Crippen LogP contribution in [0.15, 0.2) is 18.7 Å². The molecule has 8 heteroatoms. The van der Waals surface area contributed by atoms with Gasteiger partial charge in [0.1, 0.15) is 17.5 Å². The van der Waals surface area contributed by atoms with Crippen molar-refractivity contribution in [2.45, 2.75) is 78.1 Å². The van der Waals surface area contributed by atoms with Gasteiger partial charge in [-0.3, -0.25) is 4.79 Å². The maximum atomic E-state index is 12.6. The molecule has 8 nitrogen and oxygen atoms in total. The molecule has 1 unspecified atom stereocenters. The Labute approximate surface area is 153 Å². The fraction of sp³-hybridized carbons (Fsp3) is 0.667. The van der Waals surface area contributed by atoms with E-state index < -0.39 is 34.8 Å². The number of imidazole rings is 1. The third-order valence-corrected chi connectivity index (χ3v) is 3.08. The number of esters is 2. The molecule has 1 atom stereocenters. The summed E-state index contributed by atoms with van der Waals surface area (Å²) in [5.41, 5.74) is -3.07. The van der Waals surface area contributed by atoms with Gasteiger partial charge in [-0.2, -0.15) is 0 Å². The highest BCUT2D eigenvalue weighted by Gasteiger charge is 2.42. The maximum absolute atomic E-state index is 12.6. The number of ether oxygens (including phenoxy) is 3. The Morgan fingerprint density at radius 3 is 1.96 bits per heavy atom. The SMILES string of the molecule is CC(C)(C)OC(=O)CCC(C)(OC(=O)n1ccnc1)C(=O)OC(C)(C)C. The third-order valence-electron chi connectivity index (χ3n) is 3.08. The van der Waals surface area contributed by atoms with Crippen molar-refractivity contribution in [2.75, 3.05) is 0 Å². The molecule has 0 aliphatic carbocycles. The summed E-state index contributed by atoms with van der Waals surface area (Å²) in [5.74, 6) is -1.23. The Morgan fingerprint density at radius 2 is 1.50 bits per heavy atom. The Morgan fingerprint density at radius 1 is 0.923 bits per heavy atom. The van der Waals surface area contributed by atoms with Crippen LogP contribution in [0.3, 0.4) is 0 Å². The molecule has 0 aliphatic heterocycles. The van der Waals surface area contributed by atoms with Crippen LogP contribution in [0.4, 0.5) is 4.79 Å². The molecule has 0 N–H and O–H groups in total. The predicted molar refractivity (Wildman–Crippen MR) is 93.4 cm³/mol. The monoisotopic (exact) mass is 368 g/mol. The lowest BCUT2D eigenvalue weighted by Crippen LogP contribution is -2.46. The van der Waals surface area contributed by atoms with E-state index >= 15 is 0 Å². The van der Waals surface area contributed by atoms with E-state index in [1.807, 2.05) is 0 Å². The average Bonchev–Trinajstić information content (AvgIpc) is 2.95. The van der Waals surface area contributed by atoms with Crippen LogP contribution in [-0.2, 0) is 23.8 Å². The van der Waals surface area contributed by atoms with E-state index in [1.165, 1.54) is 25.6 Å². The molecule has 0 saturated heterocycles. The van der Waals surface area contributed by atoms with Gasteiger partial charge in [0.2, 0.25) is 5.60 Å². The second-order valence-corrected chi connectivity index (χ2v) is 8.16. The van der Waals surface area contributed by atoms with Crippen molar-refractivity contribution in [3.8, 4) is 0 Å². The largest absolute Gasteiger partial charge is 0.460 e. The van der Waals surface area contributed by atoms with Crippen LogP contribution >= 0.6 is 0 Å². The van der Waals surface area contributed by atoms with E-state index in [0.717, 1.165) is 4.57 Å². The zero-order valence-corrected chi connectivity index (χ0v) is 16.5. The normalized spacial score (nSPS) is 14.3. The number of carbonyl (C=O) groups is 3. The summed E-state index contributed by atoms with van der Waals surface area (Å²) in [5, 5.41) is 0. The number of hydrogen-bond donors (Lipinski definition) is 0. The molecule has 0 bridgehead atoms. The molecule has 1 heterocycles. The minimum atomic E-state index is -1.65. The molecule has 1 aromatic rings. The first kappa shape index (κ1) is 21.7. The van der Waals surface area contributed by atoms with E-state index in [2.05, 4.69) is 4.98 Å². The molecule has 26 heavy (non-hydrogen) atoms. The number of rotatable bonds is 5. The molecule has 0 fully saturated rings. The van der Waals surface area contributed by atoms with Gasteiger partial charge >= 0.3 is 18.0 Å². The highest BCUT2D eigenvalue weighted by molar-refractivity contribution is 5.84. The van der Waals surface area contributed by atoms with Gasteiger partial charge < -0.3 is 14.2 Å². The lowest BCUT2D eigenvalue weighted by atomic mass is 9.99. The highest BCUT2D eigenvalue weighted by Crippen LogP contribution is 2.25. The predicted octanol–water partition coefficient (Wildman–Crippen LogP) is 3.09. The van der Waals surface area contributed by atoms with Gasteiger partial charge in [0, 0.05) is 25.2 Å². The first-order valence-electron chi connectivity index (χ1n) is 8.38. The van der Waals surface area contributed by atoms with Crippen LogP contribution in [-0.4, -0.2) is 44.4 Å². The lowest BCUT2D eigenvalue weighted by molar-refractivity contribution is -0.177. The van der Waals surface area contributed by atoms with Gasteiger partial charge in [-0.1, -0.05) is 0 Å². The first-order valence-corrected chi connectivity index (χ1v) is 8.38. The fourth-order valence-electron chi connectivity index (χ4n) is 1.93. The molecular formula is C18H28N2O6. The van der Waals surface area contributed by atoms with E-state index in [-0.39, 0.29) is 12.8 Å². The van der Waals surface area contributed by atoms with Gasteiger partial charge in [-0.05, 0) is 48.5 Å². The zero-order valence-electron chi connectivity index (χ0n) is 16.5. The van der Waals surface area contributed by atoms with Crippen molar-refractivity contribution in [1.29, 1.82) is 0 Å². The Balaban J connectivity index is 2.92.